The van der Waals surface area contributed by atoms with Gasteiger partial charge in [0.05, 0.1) is 5.02 Å². The average molecular weight is 364 g/mol. The standard InChI is InChI=1S/C14H10BrCl2FO/c15-12-3-2-11(6-10(12)7-16)19-8-9-1-4-14(18)13(17)5-9/h1-6H,7-8H2. The normalized spacial score (nSPS) is 10.5. The maximum Gasteiger partial charge on any atom is 0.141 e. The molecule has 0 bridgehead atoms. The van der Waals surface area contributed by atoms with Crippen molar-refractivity contribution in [2.75, 3.05) is 0 Å². The molecule has 0 aliphatic rings. The maximum atomic E-state index is 13.0. The van der Waals surface area contributed by atoms with E-state index in [-0.39, 0.29) is 5.02 Å². The number of halogens is 4. The Hall–Kier alpha value is -0.770. The van der Waals surface area contributed by atoms with E-state index in [2.05, 4.69) is 15.9 Å². The molecule has 5 heteroatoms. The van der Waals surface area contributed by atoms with E-state index in [0.29, 0.717) is 18.2 Å². The number of ether oxygens (including phenoxy) is 1. The summed E-state index contributed by atoms with van der Waals surface area (Å²) in [4.78, 5) is 0. The molecule has 0 aliphatic carbocycles. The number of hydrogen-bond acceptors (Lipinski definition) is 1. The molecule has 0 aromatic heterocycles. The van der Waals surface area contributed by atoms with Gasteiger partial charge in [0, 0.05) is 10.4 Å². The molecule has 2 rings (SSSR count). The molecule has 0 atom stereocenters. The van der Waals surface area contributed by atoms with E-state index in [4.69, 9.17) is 27.9 Å². The smallest absolute Gasteiger partial charge is 0.141 e. The summed E-state index contributed by atoms with van der Waals surface area (Å²) < 4.78 is 19.6. The van der Waals surface area contributed by atoms with Gasteiger partial charge in [-0.2, -0.15) is 0 Å². The summed E-state index contributed by atoms with van der Waals surface area (Å²) in [6, 6.07) is 10.1. The molecule has 2 aromatic rings. The maximum absolute atomic E-state index is 13.0. The molecule has 0 unspecified atom stereocenters. The van der Waals surface area contributed by atoms with Gasteiger partial charge < -0.3 is 4.74 Å². The lowest BCUT2D eigenvalue weighted by Gasteiger charge is -2.09. The van der Waals surface area contributed by atoms with Crippen LogP contribution in [0.1, 0.15) is 11.1 Å². The van der Waals surface area contributed by atoms with Crippen LogP contribution in [0.2, 0.25) is 5.02 Å². The molecule has 0 amide bonds. The van der Waals surface area contributed by atoms with Crippen LogP contribution in [0.25, 0.3) is 0 Å². The van der Waals surface area contributed by atoms with Crippen molar-refractivity contribution < 1.29 is 9.13 Å². The van der Waals surface area contributed by atoms with E-state index in [1.165, 1.54) is 6.07 Å². The first kappa shape index (κ1) is 14.6. The predicted octanol–water partition coefficient (Wildman–Crippen LogP) is 5.56. The second kappa shape index (κ2) is 6.60. The van der Waals surface area contributed by atoms with E-state index in [1.54, 1.807) is 12.1 Å². The van der Waals surface area contributed by atoms with E-state index in [1.807, 2.05) is 18.2 Å². The third-order valence-corrected chi connectivity index (χ3v) is 3.90. The summed E-state index contributed by atoms with van der Waals surface area (Å²) in [6.45, 7) is 0.323. The number of rotatable bonds is 4. The van der Waals surface area contributed by atoms with Gasteiger partial charge in [-0.3, -0.25) is 0 Å². The van der Waals surface area contributed by atoms with Crippen LogP contribution in [0.15, 0.2) is 40.9 Å². The Morgan fingerprint density at radius 3 is 2.63 bits per heavy atom. The van der Waals surface area contributed by atoms with Crippen molar-refractivity contribution in [1.82, 2.24) is 0 Å². The average Bonchev–Trinajstić information content (AvgIpc) is 2.41. The molecule has 0 spiro atoms. The second-order valence-corrected chi connectivity index (χ2v) is 5.45. The van der Waals surface area contributed by atoms with Gasteiger partial charge in [0.2, 0.25) is 0 Å². The Balaban J connectivity index is 2.07. The topological polar surface area (TPSA) is 9.23 Å². The van der Waals surface area contributed by atoms with Crippen LogP contribution in [-0.2, 0) is 12.5 Å². The molecule has 0 N–H and O–H groups in total. The SMILES string of the molecule is Fc1ccc(COc2ccc(Br)c(CCl)c2)cc1Cl. The highest BCUT2D eigenvalue weighted by Crippen LogP contribution is 2.25. The highest BCUT2D eigenvalue weighted by molar-refractivity contribution is 9.10. The number of alkyl halides is 1. The molecule has 0 saturated heterocycles. The van der Waals surface area contributed by atoms with Crippen LogP contribution >= 0.6 is 39.1 Å². The molecule has 0 fully saturated rings. The summed E-state index contributed by atoms with van der Waals surface area (Å²) in [7, 11) is 0. The Labute approximate surface area is 129 Å². The predicted molar refractivity (Wildman–Crippen MR) is 79.4 cm³/mol. The highest BCUT2D eigenvalue weighted by Gasteiger charge is 2.04. The second-order valence-electron chi connectivity index (χ2n) is 3.92. The minimum absolute atomic E-state index is 0.0957. The zero-order valence-electron chi connectivity index (χ0n) is 9.80. The third kappa shape index (κ3) is 3.85. The van der Waals surface area contributed by atoms with E-state index in [0.717, 1.165) is 15.6 Å². The molecule has 0 saturated carbocycles. The van der Waals surface area contributed by atoms with Gasteiger partial charge >= 0.3 is 0 Å². The van der Waals surface area contributed by atoms with Crippen LogP contribution < -0.4 is 4.74 Å². The first-order valence-electron chi connectivity index (χ1n) is 5.51. The van der Waals surface area contributed by atoms with Crippen LogP contribution in [0.4, 0.5) is 4.39 Å². The molecule has 0 aliphatic heterocycles. The van der Waals surface area contributed by atoms with Crippen LogP contribution in [0.5, 0.6) is 5.75 Å². The molecule has 100 valence electrons. The minimum Gasteiger partial charge on any atom is -0.489 e. The van der Waals surface area contributed by atoms with Crippen molar-refractivity contribution in [3.63, 3.8) is 0 Å². The van der Waals surface area contributed by atoms with Crippen molar-refractivity contribution in [3.8, 4) is 5.75 Å². The van der Waals surface area contributed by atoms with E-state index in [9.17, 15) is 4.39 Å². The quantitative estimate of drug-likeness (QED) is 0.646. The fourth-order valence-electron chi connectivity index (χ4n) is 1.54. The van der Waals surface area contributed by atoms with E-state index < -0.39 is 5.82 Å². The van der Waals surface area contributed by atoms with Gasteiger partial charge in [-0.1, -0.05) is 33.6 Å². The largest absolute Gasteiger partial charge is 0.489 e. The third-order valence-electron chi connectivity index (χ3n) is 2.55. The van der Waals surface area contributed by atoms with Crippen molar-refractivity contribution in [2.45, 2.75) is 12.5 Å². The lowest BCUT2D eigenvalue weighted by atomic mass is 10.2. The monoisotopic (exact) mass is 362 g/mol. The van der Waals surface area contributed by atoms with Crippen molar-refractivity contribution >= 4 is 39.1 Å². The van der Waals surface area contributed by atoms with Crippen molar-refractivity contribution in [2.24, 2.45) is 0 Å². The summed E-state index contributed by atoms with van der Waals surface area (Å²) >= 11 is 14.9. The van der Waals surface area contributed by atoms with Gasteiger partial charge in [0.1, 0.15) is 18.2 Å². The first-order valence-corrected chi connectivity index (χ1v) is 7.22. The molecule has 0 heterocycles. The fraction of sp³-hybridized carbons (Fsp3) is 0.143. The zero-order valence-corrected chi connectivity index (χ0v) is 12.9. The fourth-order valence-corrected chi connectivity index (χ4v) is 2.51. The van der Waals surface area contributed by atoms with Gasteiger partial charge in [-0.05, 0) is 41.5 Å². The van der Waals surface area contributed by atoms with E-state index >= 15 is 0 Å². The Morgan fingerprint density at radius 1 is 1.16 bits per heavy atom. The molecule has 19 heavy (non-hydrogen) atoms. The van der Waals surface area contributed by atoms with Crippen molar-refractivity contribution in [1.29, 1.82) is 0 Å². The molecule has 0 radical (unpaired) electrons. The lowest BCUT2D eigenvalue weighted by molar-refractivity contribution is 0.306. The summed E-state index contributed by atoms with van der Waals surface area (Å²) in [5.41, 5.74) is 1.76. The van der Waals surface area contributed by atoms with Crippen LogP contribution in [-0.4, -0.2) is 0 Å². The lowest BCUT2D eigenvalue weighted by Crippen LogP contribution is -1.96. The molecule has 2 aromatic carbocycles. The van der Waals surface area contributed by atoms with Gasteiger partial charge in [0.25, 0.3) is 0 Å². The van der Waals surface area contributed by atoms with Gasteiger partial charge in [0.15, 0.2) is 0 Å². The van der Waals surface area contributed by atoms with Crippen molar-refractivity contribution in [3.05, 3.63) is 62.8 Å². The Morgan fingerprint density at radius 2 is 1.95 bits per heavy atom. The molecule has 1 nitrogen and oxygen atoms in total. The summed E-state index contributed by atoms with van der Waals surface area (Å²) in [6.07, 6.45) is 0. The first-order chi connectivity index (χ1) is 9.10. The number of benzene rings is 2. The zero-order chi connectivity index (χ0) is 13.8. The van der Waals surface area contributed by atoms with Crippen LogP contribution in [0, 0.1) is 5.82 Å². The Kier molecular flexibility index (Phi) is 5.08. The van der Waals surface area contributed by atoms with Crippen LogP contribution in [0.3, 0.4) is 0 Å². The molecular formula is C14H10BrCl2FO. The minimum atomic E-state index is -0.432. The summed E-state index contributed by atoms with van der Waals surface area (Å²) in [5.74, 6) is 0.679. The number of hydrogen-bond donors (Lipinski definition) is 0. The summed E-state index contributed by atoms with van der Waals surface area (Å²) in [5, 5.41) is 0.0957. The van der Waals surface area contributed by atoms with Gasteiger partial charge in [-0.25, -0.2) is 4.39 Å². The Bertz CT molecular complexity index is 590. The van der Waals surface area contributed by atoms with Gasteiger partial charge in [-0.15, -0.1) is 11.6 Å². The highest BCUT2D eigenvalue weighted by atomic mass is 79.9. The molecular weight excluding hydrogens is 354 g/mol.